The average molecular weight is 283 g/mol. The van der Waals surface area contributed by atoms with Crippen molar-refractivity contribution in [1.29, 1.82) is 0 Å². The van der Waals surface area contributed by atoms with Crippen LogP contribution in [0.4, 0.5) is 0 Å². The highest BCUT2D eigenvalue weighted by molar-refractivity contribution is 9.10. The number of hydrogen-bond donors (Lipinski definition) is 2. The van der Waals surface area contributed by atoms with E-state index in [2.05, 4.69) is 59.0 Å². The van der Waals surface area contributed by atoms with Gasteiger partial charge in [-0.2, -0.15) is 0 Å². The van der Waals surface area contributed by atoms with Crippen molar-refractivity contribution in [3.05, 3.63) is 47.0 Å². The van der Waals surface area contributed by atoms with Crippen LogP contribution in [0.15, 0.2) is 41.4 Å². The van der Waals surface area contributed by atoms with E-state index in [0.717, 1.165) is 17.4 Å². The molecule has 1 atom stereocenters. The molecule has 0 radical (unpaired) electrons. The zero-order valence-electron chi connectivity index (χ0n) is 9.67. The molecule has 0 amide bonds. The predicted molar refractivity (Wildman–Crippen MR) is 73.5 cm³/mol. The van der Waals surface area contributed by atoms with Crippen molar-refractivity contribution < 1.29 is 0 Å². The van der Waals surface area contributed by atoms with E-state index in [1.165, 1.54) is 5.56 Å². The Balaban J connectivity index is 2.68. The van der Waals surface area contributed by atoms with Crippen molar-refractivity contribution >= 4 is 15.9 Å². The highest BCUT2D eigenvalue weighted by Gasteiger charge is 2.21. The van der Waals surface area contributed by atoms with E-state index in [1.54, 1.807) is 0 Å². The van der Waals surface area contributed by atoms with Crippen molar-refractivity contribution in [3.63, 3.8) is 0 Å². The highest BCUT2D eigenvalue weighted by Crippen LogP contribution is 2.15. The molecule has 0 bridgehead atoms. The van der Waals surface area contributed by atoms with Crippen LogP contribution in [0.2, 0.25) is 0 Å². The van der Waals surface area contributed by atoms with Gasteiger partial charge >= 0.3 is 0 Å². The summed E-state index contributed by atoms with van der Waals surface area (Å²) in [7, 11) is 0. The predicted octanol–water partition coefficient (Wildman–Crippen LogP) is 2.48. The fourth-order valence-corrected chi connectivity index (χ4v) is 1.84. The van der Waals surface area contributed by atoms with Gasteiger partial charge in [-0.25, -0.2) is 0 Å². The quantitative estimate of drug-likeness (QED) is 0.787. The molecular weight excluding hydrogens is 264 g/mol. The van der Waals surface area contributed by atoms with Gasteiger partial charge in [0.15, 0.2) is 0 Å². The second kappa shape index (κ2) is 6.18. The molecule has 1 aromatic carbocycles. The van der Waals surface area contributed by atoms with E-state index in [0.29, 0.717) is 6.54 Å². The van der Waals surface area contributed by atoms with E-state index < -0.39 is 0 Å². The van der Waals surface area contributed by atoms with Crippen molar-refractivity contribution in [3.8, 4) is 0 Å². The summed E-state index contributed by atoms with van der Waals surface area (Å²) in [5, 5.41) is 3.40. The van der Waals surface area contributed by atoms with Gasteiger partial charge in [-0.15, -0.1) is 6.58 Å². The molecule has 0 aromatic heterocycles. The second-order valence-electron chi connectivity index (χ2n) is 4.24. The lowest BCUT2D eigenvalue weighted by molar-refractivity contribution is 0.378. The minimum Gasteiger partial charge on any atom is -0.329 e. The summed E-state index contributed by atoms with van der Waals surface area (Å²) in [4.78, 5) is 0. The van der Waals surface area contributed by atoms with Crippen LogP contribution < -0.4 is 11.1 Å². The Morgan fingerprint density at radius 2 is 2.06 bits per heavy atom. The zero-order chi connectivity index (χ0) is 12.0. The molecule has 0 saturated heterocycles. The first-order valence-corrected chi connectivity index (χ1v) is 6.19. The van der Waals surface area contributed by atoms with Crippen LogP contribution in [0.5, 0.6) is 0 Å². The molecular formula is C13H19BrN2. The highest BCUT2D eigenvalue weighted by atomic mass is 79.9. The Labute approximate surface area is 106 Å². The number of nitrogens with one attached hydrogen (secondary N) is 1. The van der Waals surface area contributed by atoms with Crippen molar-refractivity contribution in [2.75, 3.05) is 13.1 Å². The van der Waals surface area contributed by atoms with Crippen LogP contribution in [0.3, 0.4) is 0 Å². The van der Waals surface area contributed by atoms with Gasteiger partial charge in [-0.3, -0.25) is 0 Å². The molecule has 88 valence electrons. The largest absolute Gasteiger partial charge is 0.329 e. The van der Waals surface area contributed by atoms with Gasteiger partial charge in [0.2, 0.25) is 0 Å². The van der Waals surface area contributed by atoms with Crippen LogP contribution in [0, 0.1) is 0 Å². The molecule has 1 rings (SSSR count). The van der Waals surface area contributed by atoms with Crippen LogP contribution in [0.25, 0.3) is 0 Å². The van der Waals surface area contributed by atoms with E-state index in [-0.39, 0.29) is 5.54 Å². The maximum atomic E-state index is 5.82. The fourth-order valence-electron chi connectivity index (χ4n) is 1.58. The second-order valence-corrected chi connectivity index (χ2v) is 5.15. The summed E-state index contributed by atoms with van der Waals surface area (Å²) in [6.07, 6.45) is 2.78. The first-order valence-electron chi connectivity index (χ1n) is 5.40. The first kappa shape index (κ1) is 13.4. The minimum atomic E-state index is -0.0674. The summed E-state index contributed by atoms with van der Waals surface area (Å²) in [6, 6.07) is 8.35. The van der Waals surface area contributed by atoms with Gasteiger partial charge in [0.05, 0.1) is 0 Å². The molecule has 1 unspecified atom stereocenters. The number of nitrogens with two attached hydrogens (primary N) is 1. The first-order chi connectivity index (χ1) is 7.59. The van der Waals surface area contributed by atoms with Crippen molar-refractivity contribution in [1.82, 2.24) is 5.32 Å². The SMILES string of the molecule is C=CCNC(C)(CN)Cc1ccc(Br)cc1. The average Bonchev–Trinajstić information content (AvgIpc) is 2.30. The van der Waals surface area contributed by atoms with E-state index in [1.807, 2.05) is 6.08 Å². The fraction of sp³-hybridized carbons (Fsp3) is 0.385. The van der Waals surface area contributed by atoms with Crippen LogP contribution in [-0.2, 0) is 6.42 Å². The third-order valence-corrected chi connectivity index (χ3v) is 3.16. The monoisotopic (exact) mass is 282 g/mol. The molecule has 3 heteroatoms. The van der Waals surface area contributed by atoms with Gasteiger partial charge in [-0.05, 0) is 31.0 Å². The van der Waals surface area contributed by atoms with Crippen molar-refractivity contribution in [2.45, 2.75) is 18.9 Å². The number of benzene rings is 1. The molecule has 16 heavy (non-hydrogen) atoms. The lowest BCUT2D eigenvalue weighted by Gasteiger charge is -2.29. The standard InChI is InChI=1S/C13H19BrN2/c1-3-8-16-13(2,10-15)9-11-4-6-12(14)7-5-11/h3-7,16H,1,8-10,15H2,2H3. The van der Waals surface area contributed by atoms with Gasteiger partial charge in [0, 0.05) is 23.1 Å². The molecule has 1 aromatic rings. The van der Waals surface area contributed by atoms with Gasteiger partial charge in [0.1, 0.15) is 0 Å². The molecule has 2 nitrogen and oxygen atoms in total. The summed E-state index contributed by atoms with van der Waals surface area (Å²) < 4.78 is 1.10. The number of hydrogen-bond acceptors (Lipinski definition) is 2. The summed E-state index contributed by atoms with van der Waals surface area (Å²) in [5.74, 6) is 0. The maximum Gasteiger partial charge on any atom is 0.0318 e. The molecule has 0 spiro atoms. The molecule has 0 heterocycles. The number of halogens is 1. The van der Waals surface area contributed by atoms with Gasteiger partial charge in [-0.1, -0.05) is 34.1 Å². The Morgan fingerprint density at radius 3 is 2.56 bits per heavy atom. The number of rotatable bonds is 6. The summed E-state index contributed by atoms with van der Waals surface area (Å²) in [5.41, 5.74) is 7.04. The Hall–Kier alpha value is -0.640. The van der Waals surface area contributed by atoms with Gasteiger partial charge in [0.25, 0.3) is 0 Å². The van der Waals surface area contributed by atoms with Crippen LogP contribution in [0.1, 0.15) is 12.5 Å². The van der Waals surface area contributed by atoms with E-state index in [4.69, 9.17) is 5.73 Å². The normalized spacial score (nSPS) is 14.4. The zero-order valence-corrected chi connectivity index (χ0v) is 11.3. The Morgan fingerprint density at radius 1 is 1.44 bits per heavy atom. The Kier molecular flexibility index (Phi) is 5.19. The lowest BCUT2D eigenvalue weighted by atomic mass is 9.93. The molecule has 0 aliphatic rings. The van der Waals surface area contributed by atoms with Gasteiger partial charge < -0.3 is 11.1 Å². The minimum absolute atomic E-state index is 0.0674. The molecule has 0 fully saturated rings. The maximum absolute atomic E-state index is 5.82. The third-order valence-electron chi connectivity index (χ3n) is 2.63. The van der Waals surface area contributed by atoms with Crippen LogP contribution >= 0.6 is 15.9 Å². The topological polar surface area (TPSA) is 38.0 Å². The lowest BCUT2D eigenvalue weighted by Crippen LogP contribution is -2.50. The summed E-state index contributed by atoms with van der Waals surface area (Å²) in [6.45, 7) is 7.23. The van der Waals surface area contributed by atoms with Crippen molar-refractivity contribution in [2.24, 2.45) is 5.73 Å². The molecule has 0 aliphatic carbocycles. The van der Waals surface area contributed by atoms with E-state index in [9.17, 15) is 0 Å². The summed E-state index contributed by atoms with van der Waals surface area (Å²) >= 11 is 3.43. The van der Waals surface area contributed by atoms with E-state index >= 15 is 0 Å². The van der Waals surface area contributed by atoms with Crippen LogP contribution in [-0.4, -0.2) is 18.6 Å². The molecule has 0 saturated carbocycles. The smallest absolute Gasteiger partial charge is 0.0318 e. The molecule has 3 N–H and O–H groups in total. The Bertz CT molecular complexity index is 334. The third kappa shape index (κ3) is 4.08. The molecule has 0 aliphatic heterocycles.